The number of nitrogens with zero attached hydrogens (tertiary/aromatic N) is 4. The van der Waals surface area contributed by atoms with E-state index in [4.69, 9.17) is 0 Å². The second-order valence-electron chi connectivity index (χ2n) is 9.81. The summed E-state index contributed by atoms with van der Waals surface area (Å²) in [7, 11) is 5.15. The summed E-state index contributed by atoms with van der Waals surface area (Å²) in [6.45, 7) is 1.40. The normalized spacial score (nSPS) is 15.5. The molecule has 1 aliphatic rings. The van der Waals surface area contributed by atoms with E-state index in [1.807, 2.05) is 0 Å². The van der Waals surface area contributed by atoms with Gasteiger partial charge in [-0.2, -0.15) is 0 Å². The largest absolute Gasteiger partial charge is 0.477 e. The topological polar surface area (TPSA) is 128 Å². The highest BCUT2D eigenvalue weighted by molar-refractivity contribution is 6.18. The number of anilines is 2. The van der Waals surface area contributed by atoms with Crippen LogP contribution >= 0.6 is 0 Å². The summed E-state index contributed by atoms with van der Waals surface area (Å²) in [5, 5.41) is 16.4. The summed E-state index contributed by atoms with van der Waals surface area (Å²) in [4.78, 5) is 39.1. The highest BCUT2D eigenvalue weighted by Crippen LogP contribution is 2.42. The molecule has 39 heavy (non-hydrogen) atoms. The average molecular weight is 534 g/mol. The number of aromatic carboxylic acids is 1. The van der Waals surface area contributed by atoms with E-state index in [0.29, 0.717) is 51.2 Å². The minimum Gasteiger partial charge on any atom is -0.477 e. The van der Waals surface area contributed by atoms with Crippen LogP contribution in [0.25, 0.3) is 44.1 Å². The Morgan fingerprint density at radius 3 is 2.67 bits per heavy atom. The molecule has 10 nitrogen and oxygen atoms in total. The maximum atomic E-state index is 15.2. The molecule has 5 heterocycles. The van der Waals surface area contributed by atoms with Crippen molar-refractivity contribution in [3.05, 3.63) is 58.1 Å². The van der Waals surface area contributed by atoms with Crippen LogP contribution in [0.15, 0.2) is 35.5 Å². The Morgan fingerprint density at radius 2 is 2.00 bits per heavy atom. The standard InChI is InChI=1S/C27H25F2N7O3/c1-30-18-7-17(28)21(29)19-20-23(35(2)3)15(10-32-25(20)34-22(18)19)12-6-14-24(37)16(27(38)39)11-36(26(14)33-8-12)13-4-5-31-9-13/h6-8,10-11,13,30-31H,4-5,9H2,1-3H3,(H,32,34)(H,38,39). The average Bonchev–Trinajstić information content (AvgIpc) is 3.58. The fraction of sp³-hybridized carbons (Fsp3) is 0.259. The van der Waals surface area contributed by atoms with Gasteiger partial charge < -0.3 is 30.2 Å². The molecule has 0 radical (unpaired) electrons. The molecule has 0 amide bonds. The van der Waals surface area contributed by atoms with E-state index in [9.17, 15) is 19.1 Å². The molecule has 0 saturated carbocycles. The van der Waals surface area contributed by atoms with Crippen molar-refractivity contribution >= 4 is 50.3 Å². The van der Waals surface area contributed by atoms with Gasteiger partial charge in [-0.3, -0.25) is 4.79 Å². The third-order valence-corrected chi connectivity index (χ3v) is 7.32. The molecule has 0 bridgehead atoms. The Kier molecular flexibility index (Phi) is 5.72. The van der Waals surface area contributed by atoms with Crippen molar-refractivity contribution in [2.75, 3.05) is 44.4 Å². The summed E-state index contributed by atoms with van der Waals surface area (Å²) in [6.07, 6.45) is 5.29. The lowest BCUT2D eigenvalue weighted by molar-refractivity contribution is 0.0694. The predicted molar refractivity (Wildman–Crippen MR) is 146 cm³/mol. The number of fused-ring (bicyclic) bond motifs is 4. The van der Waals surface area contributed by atoms with Crippen LogP contribution in [0.1, 0.15) is 22.8 Å². The van der Waals surface area contributed by atoms with Crippen molar-refractivity contribution in [3.8, 4) is 11.1 Å². The number of hydrogen-bond acceptors (Lipinski definition) is 7. The Hall–Kier alpha value is -4.58. The molecule has 0 spiro atoms. The van der Waals surface area contributed by atoms with Crippen LogP contribution in [0.2, 0.25) is 0 Å². The van der Waals surface area contributed by atoms with Crippen molar-refractivity contribution in [2.45, 2.75) is 12.5 Å². The number of rotatable bonds is 5. The Bertz CT molecular complexity index is 1870. The summed E-state index contributed by atoms with van der Waals surface area (Å²) in [5.74, 6) is -3.33. The number of halogens is 2. The first-order valence-corrected chi connectivity index (χ1v) is 12.4. The van der Waals surface area contributed by atoms with Gasteiger partial charge in [0.2, 0.25) is 5.43 Å². The van der Waals surface area contributed by atoms with Gasteiger partial charge in [-0.1, -0.05) is 0 Å². The zero-order valence-electron chi connectivity index (χ0n) is 21.4. The number of aromatic amines is 1. The van der Waals surface area contributed by atoms with Gasteiger partial charge in [-0.15, -0.1) is 0 Å². The van der Waals surface area contributed by atoms with Crippen molar-refractivity contribution < 1.29 is 18.7 Å². The molecule has 1 fully saturated rings. The van der Waals surface area contributed by atoms with Gasteiger partial charge >= 0.3 is 5.97 Å². The highest BCUT2D eigenvalue weighted by Gasteiger charge is 2.25. The van der Waals surface area contributed by atoms with Crippen LogP contribution in [-0.2, 0) is 0 Å². The summed E-state index contributed by atoms with van der Waals surface area (Å²) in [6, 6.07) is 2.63. The predicted octanol–water partition coefficient (Wildman–Crippen LogP) is 3.71. The third-order valence-electron chi connectivity index (χ3n) is 7.32. The lowest BCUT2D eigenvalue weighted by Gasteiger charge is -2.20. The summed E-state index contributed by atoms with van der Waals surface area (Å²) < 4.78 is 31.6. The van der Waals surface area contributed by atoms with E-state index in [0.717, 1.165) is 19.0 Å². The monoisotopic (exact) mass is 533 g/mol. The van der Waals surface area contributed by atoms with Gasteiger partial charge in [0.05, 0.1) is 33.1 Å². The van der Waals surface area contributed by atoms with Crippen LogP contribution in [0.5, 0.6) is 0 Å². The Labute approximate surface area is 220 Å². The molecule has 5 aromatic rings. The molecule has 0 aliphatic carbocycles. The number of carboxylic acid groups (broad SMARTS) is 1. The number of hydrogen-bond donors (Lipinski definition) is 4. The fourth-order valence-corrected chi connectivity index (χ4v) is 5.50. The lowest BCUT2D eigenvalue weighted by Crippen LogP contribution is -2.23. The van der Waals surface area contributed by atoms with Crippen molar-refractivity contribution in [1.29, 1.82) is 0 Å². The Balaban J connectivity index is 1.67. The molecular formula is C27H25F2N7O3. The van der Waals surface area contributed by atoms with Crippen LogP contribution in [0.3, 0.4) is 0 Å². The second-order valence-corrected chi connectivity index (χ2v) is 9.81. The molecule has 200 valence electrons. The fourth-order valence-electron chi connectivity index (χ4n) is 5.50. The first-order chi connectivity index (χ1) is 18.7. The molecule has 1 aliphatic heterocycles. The lowest BCUT2D eigenvalue weighted by atomic mass is 10.0. The number of aromatic nitrogens is 4. The van der Waals surface area contributed by atoms with Gasteiger partial charge in [0, 0.05) is 69.5 Å². The molecule has 12 heteroatoms. The van der Waals surface area contributed by atoms with Gasteiger partial charge in [0.15, 0.2) is 11.6 Å². The number of H-pyrrole nitrogens is 1. The molecule has 1 aromatic carbocycles. The molecule has 1 atom stereocenters. The van der Waals surface area contributed by atoms with Crippen molar-refractivity contribution in [2.24, 2.45) is 0 Å². The molecule has 1 saturated heterocycles. The number of carboxylic acids is 1. The van der Waals surface area contributed by atoms with E-state index >= 15 is 4.39 Å². The molecule has 4 N–H and O–H groups in total. The van der Waals surface area contributed by atoms with Crippen LogP contribution in [0.4, 0.5) is 20.2 Å². The Morgan fingerprint density at radius 1 is 1.21 bits per heavy atom. The molecular weight excluding hydrogens is 508 g/mol. The maximum absolute atomic E-state index is 15.2. The molecule has 6 rings (SSSR count). The van der Waals surface area contributed by atoms with E-state index in [2.05, 4.69) is 25.6 Å². The smallest absolute Gasteiger partial charge is 0.341 e. The van der Waals surface area contributed by atoms with Crippen LogP contribution in [0, 0.1) is 11.6 Å². The highest BCUT2D eigenvalue weighted by atomic mass is 19.2. The summed E-state index contributed by atoms with van der Waals surface area (Å²) >= 11 is 0. The summed E-state index contributed by atoms with van der Waals surface area (Å²) in [5.41, 5.74) is 2.03. The first kappa shape index (κ1) is 24.7. The second kappa shape index (κ2) is 9.02. The maximum Gasteiger partial charge on any atom is 0.341 e. The van der Waals surface area contributed by atoms with Gasteiger partial charge in [-0.25, -0.2) is 23.5 Å². The number of carbonyl (C=O) groups is 1. The van der Waals surface area contributed by atoms with Crippen molar-refractivity contribution in [3.63, 3.8) is 0 Å². The minimum atomic E-state index is -1.32. The van der Waals surface area contributed by atoms with Crippen molar-refractivity contribution in [1.82, 2.24) is 24.8 Å². The van der Waals surface area contributed by atoms with E-state index in [1.165, 1.54) is 6.20 Å². The van der Waals surface area contributed by atoms with Gasteiger partial charge in [0.25, 0.3) is 0 Å². The molecule has 1 unspecified atom stereocenters. The van der Waals surface area contributed by atoms with Crippen LogP contribution < -0.4 is 21.0 Å². The number of nitrogens with one attached hydrogen (secondary N) is 3. The molecule has 4 aromatic heterocycles. The van der Waals surface area contributed by atoms with Gasteiger partial charge in [0.1, 0.15) is 16.9 Å². The number of benzene rings is 1. The first-order valence-electron chi connectivity index (χ1n) is 12.4. The zero-order valence-corrected chi connectivity index (χ0v) is 21.4. The van der Waals surface area contributed by atoms with E-state index < -0.39 is 23.0 Å². The SMILES string of the molecule is CNc1cc(F)c(F)c2c1[nH]c1ncc(-c3cnc4c(c3)c(=O)c(C(=O)O)cn4C3CCNC3)c(N(C)C)c12. The zero-order chi connectivity index (χ0) is 27.6. The third kappa shape index (κ3) is 3.70. The van der Waals surface area contributed by atoms with E-state index in [1.54, 1.807) is 49.1 Å². The number of pyridine rings is 3. The van der Waals surface area contributed by atoms with Crippen LogP contribution in [-0.4, -0.2) is 64.8 Å². The quantitative estimate of drug-likeness (QED) is 0.269. The van der Waals surface area contributed by atoms with Gasteiger partial charge in [-0.05, 0) is 19.0 Å². The van der Waals surface area contributed by atoms with E-state index in [-0.39, 0.29) is 22.4 Å². The minimum absolute atomic E-state index is 0.0467.